The molecule has 3 atom stereocenters. The first-order valence-electron chi connectivity index (χ1n) is 6.87. The third-order valence-electron chi connectivity index (χ3n) is 4.31. The number of aliphatic hydroxyl groups excluding tert-OH is 1. The summed E-state index contributed by atoms with van der Waals surface area (Å²) in [7, 11) is 0. The van der Waals surface area contributed by atoms with Gasteiger partial charge in [-0.1, -0.05) is 0 Å². The van der Waals surface area contributed by atoms with Gasteiger partial charge < -0.3 is 10.5 Å². The van der Waals surface area contributed by atoms with E-state index in [9.17, 15) is 5.11 Å². The Morgan fingerprint density at radius 1 is 1.42 bits per heavy atom. The molecule has 0 radical (unpaired) electrons. The molecule has 4 N–H and O–H groups in total. The van der Waals surface area contributed by atoms with Crippen LogP contribution in [0.2, 0.25) is 0 Å². The highest BCUT2D eigenvalue weighted by Crippen LogP contribution is 2.38. The van der Waals surface area contributed by atoms with Crippen LogP contribution in [0.4, 0.5) is 5.82 Å². The van der Waals surface area contributed by atoms with Gasteiger partial charge >= 0.3 is 0 Å². The highest BCUT2D eigenvalue weighted by atomic mass is 16.3. The number of likely N-dealkylation sites (tertiary alicyclic amines) is 1. The number of fused-ring (bicyclic) bond motifs is 1. The first-order valence-corrected chi connectivity index (χ1v) is 6.87. The van der Waals surface area contributed by atoms with E-state index in [0.29, 0.717) is 17.7 Å². The molecule has 6 heteroatoms. The molecule has 1 aliphatic carbocycles. The minimum Gasteiger partial charge on any atom is -0.393 e. The molecule has 1 saturated heterocycles. The van der Waals surface area contributed by atoms with Crippen LogP contribution in [-0.4, -0.2) is 39.2 Å². The van der Waals surface area contributed by atoms with Gasteiger partial charge in [0.05, 0.1) is 12.6 Å². The maximum absolute atomic E-state index is 9.93. The molecule has 3 unspecified atom stereocenters. The Kier molecular flexibility index (Phi) is 3.38. The summed E-state index contributed by atoms with van der Waals surface area (Å²) >= 11 is 0. The van der Waals surface area contributed by atoms with Gasteiger partial charge in [0, 0.05) is 30.8 Å². The monoisotopic (exact) mass is 263 g/mol. The summed E-state index contributed by atoms with van der Waals surface area (Å²) in [5.41, 5.74) is 3.48. The van der Waals surface area contributed by atoms with Gasteiger partial charge in [0.1, 0.15) is 11.6 Å². The van der Waals surface area contributed by atoms with Gasteiger partial charge in [-0.15, -0.1) is 0 Å². The van der Waals surface area contributed by atoms with E-state index in [-0.39, 0.29) is 6.10 Å². The number of hydrazine groups is 1. The van der Waals surface area contributed by atoms with Gasteiger partial charge in [0.15, 0.2) is 0 Å². The van der Waals surface area contributed by atoms with Crippen LogP contribution in [-0.2, 0) is 6.54 Å². The van der Waals surface area contributed by atoms with E-state index in [1.54, 1.807) is 0 Å². The zero-order valence-electron chi connectivity index (χ0n) is 11.2. The third kappa shape index (κ3) is 2.56. The second-order valence-electron chi connectivity index (χ2n) is 5.72. The fourth-order valence-electron chi connectivity index (χ4n) is 3.43. The summed E-state index contributed by atoms with van der Waals surface area (Å²) in [6.45, 7) is 4.67. The summed E-state index contributed by atoms with van der Waals surface area (Å²) in [6, 6.07) is 1.83. The smallest absolute Gasteiger partial charge is 0.145 e. The maximum atomic E-state index is 9.93. The van der Waals surface area contributed by atoms with Gasteiger partial charge in [0.25, 0.3) is 0 Å². The van der Waals surface area contributed by atoms with E-state index in [0.717, 1.165) is 44.0 Å². The first-order chi connectivity index (χ1) is 9.15. The molecule has 0 bridgehead atoms. The van der Waals surface area contributed by atoms with Crippen LogP contribution in [0.3, 0.4) is 0 Å². The van der Waals surface area contributed by atoms with Gasteiger partial charge in [-0.3, -0.25) is 4.90 Å². The van der Waals surface area contributed by atoms with Gasteiger partial charge in [-0.2, -0.15) is 0 Å². The predicted octanol–water partition coefficient (Wildman–Crippen LogP) is 0.273. The summed E-state index contributed by atoms with van der Waals surface area (Å²) in [5.74, 6) is 7.94. The van der Waals surface area contributed by atoms with E-state index in [1.807, 2.05) is 13.0 Å². The van der Waals surface area contributed by atoms with Crippen molar-refractivity contribution < 1.29 is 5.11 Å². The van der Waals surface area contributed by atoms with Crippen LogP contribution in [0.5, 0.6) is 0 Å². The Morgan fingerprint density at radius 3 is 3.00 bits per heavy atom. The van der Waals surface area contributed by atoms with Crippen LogP contribution >= 0.6 is 0 Å². The second-order valence-corrected chi connectivity index (χ2v) is 5.72. The Balaban J connectivity index is 1.68. The lowest BCUT2D eigenvalue weighted by Gasteiger charge is -2.17. The third-order valence-corrected chi connectivity index (χ3v) is 4.31. The summed E-state index contributed by atoms with van der Waals surface area (Å²) in [4.78, 5) is 11.2. The number of hydrogen-bond acceptors (Lipinski definition) is 6. The number of hydrogen-bond donors (Lipinski definition) is 3. The lowest BCUT2D eigenvalue weighted by atomic mass is 10.00. The SMILES string of the molecule is Cc1cc(NN)nc(CN2CC3CCC(O)C3C2)n1. The average Bonchev–Trinajstić information content (AvgIpc) is 2.91. The van der Waals surface area contributed by atoms with Crippen LogP contribution < -0.4 is 11.3 Å². The van der Waals surface area contributed by atoms with Crippen molar-refractivity contribution in [2.45, 2.75) is 32.4 Å². The minimum absolute atomic E-state index is 0.116. The van der Waals surface area contributed by atoms with Crippen molar-refractivity contribution in [3.05, 3.63) is 17.6 Å². The number of aliphatic hydroxyl groups is 1. The van der Waals surface area contributed by atoms with Crippen molar-refractivity contribution in [1.29, 1.82) is 0 Å². The normalized spacial score (nSPS) is 30.6. The molecule has 0 aromatic carbocycles. The molecular weight excluding hydrogens is 242 g/mol. The highest BCUT2D eigenvalue weighted by molar-refractivity contribution is 5.33. The number of aromatic nitrogens is 2. The maximum Gasteiger partial charge on any atom is 0.145 e. The minimum atomic E-state index is -0.116. The van der Waals surface area contributed by atoms with Crippen molar-refractivity contribution in [3.63, 3.8) is 0 Å². The number of rotatable bonds is 3. The molecule has 2 fully saturated rings. The Labute approximate surface area is 113 Å². The molecule has 2 aliphatic rings. The highest BCUT2D eigenvalue weighted by Gasteiger charge is 2.41. The second kappa shape index (κ2) is 5.03. The number of aryl methyl sites for hydroxylation is 1. The topological polar surface area (TPSA) is 87.3 Å². The van der Waals surface area contributed by atoms with Crippen LogP contribution in [0.1, 0.15) is 24.4 Å². The van der Waals surface area contributed by atoms with Crippen LogP contribution in [0.15, 0.2) is 6.07 Å². The fraction of sp³-hybridized carbons (Fsp3) is 0.692. The van der Waals surface area contributed by atoms with Crippen molar-refractivity contribution in [2.75, 3.05) is 18.5 Å². The lowest BCUT2D eigenvalue weighted by Crippen LogP contribution is -2.25. The molecule has 104 valence electrons. The molecule has 1 aromatic rings. The molecule has 19 heavy (non-hydrogen) atoms. The predicted molar refractivity (Wildman–Crippen MR) is 72.1 cm³/mol. The van der Waals surface area contributed by atoms with Crippen molar-refractivity contribution in [3.8, 4) is 0 Å². The zero-order chi connectivity index (χ0) is 13.4. The fourth-order valence-corrected chi connectivity index (χ4v) is 3.43. The number of anilines is 1. The van der Waals surface area contributed by atoms with Crippen LogP contribution in [0.25, 0.3) is 0 Å². The molecule has 2 heterocycles. The van der Waals surface area contributed by atoms with E-state index in [4.69, 9.17) is 5.84 Å². The molecule has 0 spiro atoms. The van der Waals surface area contributed by atoms with E-state index in [2.05, 4.69) is 20.3 Å². The van der Waals surface area contributed by atoms with E-state index in [1.165, 1.54) is 0 Å². The molecule has 1 aliphatic heterocycles. The lowest BCUT2D eigenvalue weighted by molar-refractivity contribution is 0.123. The number of nitrogens with two attached hydrogens (primary N) is 1. The summed E-state index contributed by atoms with van der Waals surface area (Å²) in [6.07, 6.45) is 1.99. The molecule has 3 rings (SSSR count). The quantitative estimate of drug-likeness (QED) is 0.536. The summed E-state index contributed by atoms with van der Waals surface area (Å²) in [5, 5.41) is 9.93. The Morgan fingerprint density at radius 2 is 2.26 bits per heavy atom. The van der Waals surface area contributed by atoms with Crippen molar-refractivity contribution in [2.24, 2.45) is 17.7 Å². The Hall–Kier alpha value is -1.24. The van der Waals surface area contributed by atoms with Crippen molar-refractivity contribution in [1.82, 2.24) is 14.9 Å². The average molecular weight is 263 g/mol. The Bertz CT molecular complexity index is 466. The number of nitrogens with one attached hydrogen (secondary N) is 1. The van der Waals surface area contributed by atoms with Crippen molar-refractivity contribution >= 4 is 5.82 Å². The van der Waals surface area contributed by atoms with Gasteiger partial charge in [-0.25, -0.2) is 15.8 Å². The molecule has 1 saturated carbocycles. The molecule has 1 aromatic heterocycles. The zero-order valence-corrected chi connectivity index (χ0v) is 11.2. The number of nitrogens with zero attached hydrogens (tertiary/aromatic N) is 3. The molecular formula is C13H21N5O. The molecule has 0 amide bonds. The van der Waals surface area contributed by atoms with E-state index >= 15 is 0 Å². The first kappa shape index (κ1) is 12.8. The molecule has 6 nitrogen and oxygen atoms in total. The summed E-state index contributed by atoms with van der Waals surface area (Å²) < 4.78 is 0. The van der Waals surface area contributed by atoms with E-state index < -0.39 is 0 Å². The standard InChI is InChI=1S/C13H21N5O/c1-8-4-12(17-14)16-13(15-8)7-18-5-9-2-3-11(19)10(9)6-18/h4,9-11,19H,2-3,5-7,14H2,1H3,(H,15,16,17). The largest absolute Gasteiger partial charge is 0.393 e. The van der Waals surface area contributed by atoms with Gasteiger partial charge in [0.2, 0.25) is 0 Å². The van der Waals surface area contributed by atoms with Crippen LogP contribution in [0, 0.1) is 18.8 Å². The number of nitrogen functional groups attached to an aromatic ring is 1. The van der Waals surface area contributed by atoms with Gasteiger partial charge in [-0.05, 0) is 25.7 Å².